The highest BCUT2D eigenvalue weighted by molar-refractivity contribution is 5.22. The van der Waals surface area contributed by atoms with Crippen molar-refractivity contribution in [3.63, 3.8) is 0 Å². The lowest BCUT2D eigenvalue weighted by atomic mass is 9.68. The second kappa shape index (κ2) is 13.0. The molecule has 0 saturated heterocycles. The Morgan fingerprint density at radius 3 is 1.97 bits per heavy atom. The summed E-state index contributed by atoms with van der Waals surface area (Å²) < 4.78 is 12.9. The minimum atomic E-state index is -0.615. The summed E-state index contributed by atoms with van der Waals surface area (Å²) in [5.41, 5.74) is 2.94. The van der Waals surface area contributed by atoms with Crippen molar-refractivity contribution in [1.29, 1.82) is 5.26 Å². The van der Waals surface area contributed by atoms with Gasteiger partial charge in [-0.15, -0.1) is 0 Å². The number of aryl methyl sites for hydroxylation is 2. The molecule has 31 heavy (non-hydrogen) atoms. The van der Waals surface area contributed by atoms with Gasteiger partial charge in [-0.25, -0.2) is 0 Å². The summed E-state index contributed by atoms with van der Waals surface area (Å²) in [5, 5.41) is 8.50. The third kappa shape index (κ3) is 8.10. The lowest BCUT2D eigenvalue weighted by Crippen LogP contribution is -2.25. The molecule has 2 aliphatic carbocycles. The third-order valence-corrected chi connectivity index (χ3v) is 8.21. The van der Waals surface area contributed by atoms with Crippen LogP contribution in [0.2, 0.25) is 0 Å². The molecule has 0 unspecified atom stereocenters. The molecule has 1 nitrogen and oxygen atoms in total. The van der Waals surface area contributed by atoms with E-state index in [1.165, 1.54) is 94.3 Å². The van der Waals surface area contributed by atoms with Crippen LogP contribution in [0, 0.1) is 35.0 Å². The van der Waals surface area contributed by atoms with Gasteiger partial charge in [-0.2, -0.15) is 9.65 Å². The van der Waals surface area contributed by atoms with Crippen LogP contribution in [0.5, 0.6) is 0 Å². The highest BCUT2D eigenvalue weighted by Crippen LogP contribution is 2.43. The molecule has 0 heterocycles. The molecule has 0 aliphatic heterocycles. The van der Waals surface area contributed by atoms with Crippen LogP contribution >= 0.6 is 0 Å². The van der Waals surface area contributed by atoms with Gasteiger partial charge in [0.15, 0.2) is 5.83 Å². The van der Waals surface area contributed by atoms with Crippen molar-refractivity contribution < 1.29 is 4.39 Å². The lowest BCUT2D eigenvalue weighted by molar-refractivity contribution is 0.140. The maximum atomic E-state index is 12.9. The van der Waals surface area contributed by atoms with Crippen LogP contribution < -0.4 is 0 Å². The van der Waals surface area contributed by atoms with Gasteiger partial charge in [0.25, 0.3) is 0 Å². The van der Waals surface area contributed by atoms with E-state index in [0.717, 1.165) is 42.9 Å². The number of unbranched alkanes of at least 4 members (excludes halogenated alkanes) is 1. The van der Waals surface area contributed by atoms with Crippen molar-refractivity contribution in [1.82, 2.24) is 0 Å². The minimum Gasteiger partial charge on any atom is -0.195 e. The smallest absolute Gasteiger partial charge is 0.195 e. The van der Waals surface area contributed by atoms with Gasteiger partial charge in [-0.1, -0.05) is 69.7 Å². The fraction of sp³-hybridized carbons (Fsp3) is 0.690. The van der Waals surface area contributed by atoms with E-state index in [2.05, 4.69) is 31.2 Å². The molecule has 0 N–H and O–H groups in total. The second-order valence-electron chi connectivity index (χ2n) is 10.2. The Morgan fingerprint density at radius 2 is 1.42 bits per heavy atom. The first-order valence-electron chi connectivity index (χ1n) is 13.0. The molecule has 1 aromatic rings. The number of allylic oxidation sites excluding steroid dienone is 2. The van der Waals surface area contributed by atoms with Crippen LogP contribution in [-0.4, -0.2) is 0 Å². The summed E-state index contributed by atoms with van der Waals surface area (Å²) in [6.07, 6.45) is 21.0. The number of rotatable bonds is 10. The molecule has 3 rings (SSSR count). The Hall–Kier alpha value is -1.62. The minimum absolute atomic E-state index is 0.615. The molecule has 2 fully saturated rings. The molecule has 0 amide bonds. The number of benzene rings is 1. The van der Waals surface area contributed by atoms with Crippen LogP contribution in [0.4, 0.5) is 4.39 Å². The topological polar surface area (TPSA) is 23.8 Å². The lowest BCUT2D eigenvalue weighted by Gasteiger charge is -2.38. The number of halogens is 1. The van der Waals surface area contributed by atoms with Gasteiger partial charge >= 0.3 is 0 Å². The molecule has 0 radical (unpaired) electrons. The van der Waals surface area contributed by atoms with E-state index in [1.54, 1.807) is 6.07 Å². The molecule has 0 aromatic heterocycles. The van der Waals surface area contributed by atoms with Crippen molar-refractivity contribution in [3.05, 3.63) is 47.3 Å². The van der Waals surface area contributed by atoms with Crippen molar-refractivity contribution in [2.24, 2.45) is 23.7 Å². The van der Waals surface area contributed by atoms with Crippen molar-refractivity contribution in [2.75, 3.05) is 0 Å². The summed E-state index contributed by atoms with van der Waals surface area (Å²) in [7, 11) is 0. The first-order valence-corrected chi connectivity index (χ1v) is 13.0. The number of nitriles is 1. The SMILES string of the molecule is CCc1ccc(CCCC[C@H]2CC[C@H](C3CCC(CC/C=C(\F)C#N)CC3)CC2)cc1. The van der Waals surface area contributed by atoms with Gasteiger partial charge < -0.3 is 0 Å². The predicted octanol–water partition coefficient (Wildman–Crippen LogP) is 8.73. The predicted molar refractivity (Wildman–Crippen MR) is 128 cm³/mol. The van der Waals surface area contributed by atoms with E-state index in [0.29, 0.717) is 0 Å². The molecule has 1 aromatic carbocycles. The highest BCUT2D eigenvalue weighted by Gasteiger charge is 2.30. The Labute approximate surface area is 190 Å². The molecule has 170 valence electrons. The average Bonchev–Trinajstić information content (AvgIpc) is 2.83. The fourth-order valence-electron chi connectivity index (χ4n) is 6.09. The zero-order chi connectivity index (χ0) is 21.9. The number of hydrogen-bond donors (Lipinski definition) is 0. The van der Waals surface area contributed by atoms with E-state index in [4.69, 9.17) is 5.26 Å². The van der Waals surface area contributed by atoms with Gasteiger partial charge in [0.1, 0.15) is 6.07 Å². The van der Waals surface area contributed by atoms with Crippen LogP contribution in [0.15, 0.2) is 36.2 Å². The van der Waals surface area contributed by atoms with Crippen LogP contribution in [0.3, 0.4) is 0 Å². The van der Waals surface area contributed by atoms with Crippen LogP contribution in [0.1, 0.15) is 102 Å². The summed E-state index contributed by atoms with van der Waals surface area (Å²) in [6, 6.07) is 10.8. The monoisotopic (exact) mass is 423 g/mol. The van der Waals surface area contributed by atoms with Gasteiger partial charge in [0, 0.05) is 0 Å². The van der Waals surface area contributed by atoms with Crippen LogP contribution in [-0.2, 0) is 12.8 Å². The largest absolute Gasteiger partial charge is 0.196 e. The summed E-state index contributed by atoms with van der Waals surface area (Å²) in [4.78, 5) is 0. The maximum absolute atomic E-state index is 12.9. The van der Waals surface area contributed by atoms with E-state index in [1.807, 2.05) is 0 Å². The molecule has 2 saturated carbocycles. The molecule has 0 bridgehead atoms. The maximum Gasteiger partial charge on any atom is 0.196 e. The molecule has 2 heteroatoms. The summed E-state index contributed by atoms with van der Waals surface area (Å²) >= 11 is 0. The standard InChI is InChI=1S/C29H42FN/c1-2-23-10-12-24(13-11-23)6-3-4-7-25-14-18-27(19-15-25)28-20-16-26(17-21-28)8-5-9-29(30)22-31/h9-13,25-28H,2-8,14-21H2,1H3/b29-9-/t25-,26?,27-,28?. The third-order valence-electron chi connectivity index (χ3n) is 8.21. The van der Waals surface area contributed by atoms with E-state index in [-0.39, 0.29) is 0 Å². The molecule has 2 aliphatic rings. The van der Waals surface area contributed by atoms with Crippen LogP contribution in [0.25, 0.3) is 0 Å². The quantitative estimate of drug-likeness (QED) is 0.272. The first kappa shape index (κ1) is 24.0. The molecule has 0 spiro atoms. The second-order valence-corrected chi connectivity index (χ2v) is 10.2. The first-order chi connectivity index (χ1) is 15.2. The molecular weight excluding hydrogens is 381 g/mol. The molecule has 0 atom stereocenters. The van der Waals surface area contributed by atoms with Crippen molar-refractivity contribution in [2.45, 2.75) is 103 Å². The van der Waals surface area contributed by atoms with E-state index in [9.17, 15) is 4.39 Å². The summed E-state index contributed by atoms with van der Waals surface area (Å²) in [5.74, 6) is 3.00. The summed E-state index contributed by atoms with van der Waals surface area (Å²) in [6.45, 7) is 2.22. The Balaban J connectivity index is 1.26. The van der Waals surface area contributed by atoms with Gasteiger partial charge in [0.05, 0.1) is 0 Å². The van der Waals surface area contributed by atoms with Gasteiger partial charge in [-0.3, -0.25) is 0 Å². The fourth-order valence-corrected chi connectivity index (χ4v) is 6.09. The normalized spacial score (nSPS) is 27.1. The van der Waals surface area contributed by atoms with Gasteiger partial charge in [-0.05, 0) is 98.7 Å². The Bertz CT molecular complexity index is 697. The number of hydrogen-bond acceptors (Lipinski definition) is 1. The Kier molecular flexibility index (Phi) is 10.1. The van der Waals surface area contributed by atoms with E-state index < -0.39 is 5.83 Å². The van der Waals surface area contributed by atoms with E-state index >= 15 is 0 Å². The van der Waals surface area contributed by atoms with Gasteiger partial charge in [0.2, 0.25) is 0 Å². The highest BCUT2D eigenvalue weighted by atomic mass is 19.1. The number of nitrogens with zero attached hydrogens (tertiary/aromatic N) is 1. The zero-order valence-electron chi connectivity index (χ0n) is 19.6. The van der Waals surface area contributed by atoms with Crippen molar-refractivity contribution >= 4 is 0 Å². The Morgan fingerprint density at radius 1 is 0.871 bits per heavy atom. The zero-order valence-corrected chi connectivity index (χ0v) is 19.6. The average molecular weight is 424 g/mol. The molecular formula is C29H42FN. The van der Waals surface area contributed by atoms with Crippen molar-refractivity contribution in [3.8, 4) is 6.07 Å².